The minimum Gasteiger partial charge on any atom is -0.383 e. The smallest absolute Gasteiger partial charge is 0.273 e. The monoisotopic (exact) mass is 496 g/mol. The van der Waals surface area contributed by atoms with Gasteiger partial charge < -0.3 is 19.9 Å². The van der Waals surface area contributed by atoms with Gasteiger partial charge >= 0.3 is 0 Å². The van der Waals surface area contributed by atoms with E-state index in [0.29, 0.717) is 11.6 Å². The molecule has 2 aromatic carbocycles. The molecule has 0 saturated carbocycles. The molecule has 1 fully saturated rings. The average molecular weight is 497 g/mol. The van der Waals surface area contributed by atoms with Gasteiger partial charge in [-0.3, -0.25) is 9.62 Å². The molecule has 2 heterocycles. The molecule has 3 aromatic rings. The van der Waals surface area contributed by atoms with Gasteiger partial charge in [-0.05, 0) is 40.9 Å². The van der Waals surface area contributed by atoms with E-state index in [4.69, 9.17) is 16.3 Å². The molecule has 4 rings (SSSR count). The molecule has 8 nitrogen and oxygen atoms in total. The number of rotatable bonds is 10. The second-order valence-electron chi connectivity index (χ2n) is 7.26. The van der Waals surface area contributed by atoms with Crippen LogP contribution in [-0.4, -0.2) is 54.4 Å². The molecular formula is C21H23ClF2N6O2S. The number of anilines is 3. The molecule has 1 saturated heterocycles. The molecule has 1 aromatic heterocycles. The third kappa shape index (κ3) is 6.70. The highest BCUT2D eigenvalue weighted by Crippen LogP contribution is 2.28. The summed E-state index contributed by atoms with van der Waals surface area (Å²) in [5.74, 6) is -0.997. The summed E-state index contributed by atoms with van der Waals surface area (Å²) in [4.78, 5) is 6.16. The molecule has 12 heteroatoms. The summed E-state index contributed by atoms with van der Waals surface area (Å²) in [5, 5.41) is 10.5. The van der Waals surface area contributed by atoms with E-state index < -0.39 is 11.6 Å². The largest absolute Gasteiger partial charge is 0.383 e. The van der Waals surface area contributed by atoms with E-state index in [2.05, 4.69) is 34.9 Å². The van der Waals surface area contributed by atoms with Crippen LogP contribution < -0.4 is 15.4 Å². The van der Waals surface area contributed by atoms with Crippen LogP contribution in [0.25, 0.3) is 0 Å². The van der Waals surface area contributed by atoms with E-state index in [0.717, 1.165) is 81.1 Å². The summed E-state index contributed by atoms with van der Waals surface area (Å²) >= 11 is 7.02. The van der Waals surface area contributed by atoms with E-state index >= 15 is 0 Å². The fourth-order valence-corrected chi connectivity index (χ4v) is 4.07. The Balaban J connectivity index is 1.36. The highest BCUT2D eigenvalue weighted by molar-refractivity contribution is 8.00. The first-order valence-electron chi connectivity index (χ1n) is 10.3. The van der Waals surface area contributed by atoms with Crippen molar-refractivity contribution in [3.63, 3.8) is 0 Å². The zero-order chi connectivity index (χ0) is 23.0. The molecule has 176 valence electrons. The van der Waals surface area contributed by atoms with Crippen molar-refractivity contribution in [1.82, 2.24) is 15.0 Å². The molecule has 0 bridgehead atoms. The van der Waals surface area contributed by atoms with Crippen molar-refractivity contribution in [3.05, 3.63) is 58.9 Å². The van der Waals surface area contributed by atoms with Crippen molar-refractivity contribution in [1.29, 1.82) is 0 Å². The molecule has 1 aliphatic rings. The van der Waals surface area contributed by atoms with E-state index in [-0.39, 0.29) is 16.5 Å². The fourth-order valence-electron chi connectivity index (χ4n) is 3.29. The van der Waals surface area contributed by atoms with Crippen molar-refractivity contribution >= 4 is 40.9 Å². The Morgan fingerprint density at radius 1 is 1.06 bits per heavy atom. The molecule has 0 unspecified atom stereocenters. The predicted octanol–water partition coefficient (Wildman–Crippen LogP) is 4.48. The normalized spacial score (nSPS) is 14.3. The standard InChI is InChI=1S/C21H23ClF2N6O2S/c22-15-2-1-14(18(9-15)25-3-4-30-5-7-31-8-6-30)12-26-19-10-17(24)20(11-16(19)23)33-29-21-27-13-32-28-21/h1-2,9-11,13,25-26H,3-8,12H2,(H,28,29). The van der Waals surface area contributed by atoms with E-state index in [1.165, 1.54) is 0 Å². The lowest BCUT2D eigenvalue weighted by Crippen LogP contribution is -2.39. The third-order valence-corrected chi connectivity index (χ3v) is 6.08. The highest BCUT2D eigenvalue weighted by Gasteiger charge is 2.13. The number of morpholine rings is 1. The Morgan fingerprint density at radius 2 is 1.91 bits per heavy atom. The number of ether oxygens (including phenoxy) is 1. The Labute approximate surface area is 199 Å². The second-order valence-corrected chi connectivity index (χ2v) is 8.54. The van der Waals surface area contributed by atoms with Crippen molar-refractivity contribution < 1.29 is 18.0 Å². The van der Waals surface area contributed by atoms with Gasteiger partial charge in [-0.1, -0.05) is 17.7 Å². The first kappa shape index (κ1) is 23.6. The SMILES string of the molecule is Fc1cc(SNc2ncon2)c(F)cc1NCc1ccc(Cl)cc1NCCN1CCOCC1. The van der Waals surface area contributed by atoms with Gasteiger partial charge in [0.2, 0.25) is 6.39 Å². The molecular weight excluding hydrogens is 474 g/mol. The fraction of sp³-hybridized carbons (Fsp3) is 0.333. The van der Waals surface area contributed by atoms with Crippen LogP contribution in [0.4, 0.5) is 26.1 Å². The summed E-state index contributed by atoms with van der Waals surface area (Å²) in [6, 6.07) is 7.69. The Hall–Kier alpha value is -2.60. The molecule has 0 amide bonds. The van der Waals surface area contributed by atoms with Crippen LogP contribution in [0.2, 0.25) is 5.02 Å². The summed E-state index contributed by atoms with van der Waals surface area (Å²) in [7, 11) is 0. The number of hydrogen-bond donors (Lipinski definition) is 3. The summed E-state index contributed by atoms with van der Waals surface area (Å²) < 4.78 is 41.7. The Morgan fingerprint density at radius 3 is 2.70 bits per heavy atom. The first-order valence-corrected chi connectivity index (χ1v) is 11.5. The molecule has 0 aliphatic carbocycles. The number of halogens is 3. The minimum absolute atomic E-state index is 0.0608. The van der Waals surface area contributed by atoms with Gasteiger partial charge in [0.15, 0.2) is 0 Å². The van der Waals surface area contributed by atoms with Crippen LogP contribution in [0.1, 0.15) is 5.56 Å². The van der Waals surface area contributed by atoms with E-state index in [1.807, 2.05) is 12.1 Å². The zero-order valence-corrected chi connectivity index (χ0v) is 19.2. The van der Waals surface area contributed by atoms with Crippen molar-refractivity contribution in [2.24, 2.45) is 0 Å². The maximum Gasteiger partial charge on any atom is 0.273 e. The van der Waals surface area contributed by atoms with Gasteiger partial charge in [0, 0.05) is 49.5 Å². The highest BCUT2D eigenvalue weighted by atomic mass is 35.5. The zero-order valence-electron chi connectivity index (χ0n) is 17.6. The molecule has 0 radical (unpaired) electrons. The van der Waals surface area contributed by atoms with Crippen LogP contribution in [0.5, 0.6) is 0 Å². The van der Waals surface area contributed by atoms with Crippen LogP contribution in [0.15, 0.2) is 46.1 Å². The maximum absolute atomic E-state index is 14.6. The topological polar surface area (TPSA) is 87.5 Å². The van der Waals surface area contributed by atoms with Crippen molar-refractivity contribution in [2.45, 2.75) is 11.4 Å². The number of nitrogens with zero attached hydrogens (tertiary/aromatic N) is 3. The summed E-state index contributed by atoms with van der Waals surface area (Å²) in [6.45, 7) is 5.22. The van der Waals surface area contributed by atoms with Gasteiger partial charge in [-0.25, -0.2) is 8.78 Å². The van der Waals surface area contributed by atoms with Gasteiger partial charge in [0.1, 0.15) is 11.6 Å². The van der Waals surface area contributed by atoms with Crippen molar-refractivity contribution in [3.8, 4) is 0 Å². The lowest BCUT2D eigenvalue weighted by atomic mass is 10.1. The van der Waals surface area contributed by atoms with Gasteiger partial charge in [-0.2, -0.15) is 4.98 Å². The van der Waals surface area contributed by atoms with Crippen LogP contribution in [0, 0.1) is 11.6 Å². The molecule has 3 N–H and O–H groups in total. The van der Waals surface area contributed by atoms with Gasteiger partial charge in [0.25, 0.3) is 5.95 Å². The molecule has 0 atom stereocenters. The number of benzene rings is 2. The van der Waals surface area contributed by atoms with Crippen LogP contribution in [-0.2, 0) is 11.3 Å². The number of nitrogens with one attached hydrogen (secondary N) is 3. The van der Waals surface area contributed by atoms with Gasteiger partial charge in [0.05, 0.1) is 23.8 Å². The molecule has 33 heavy (non-hydrogen) atoms. The number of hydrogen-bond acceptors (Lipinski definition) is 9. The maximum atomic E-state index is 14.6. The Bertz CT molecular complexity index is 1050. The second kappa shape index (κ2) is 11.5. The quantitative estimate of drug-likeness (QED) is 0.352. The number of aromatic nitrogens is 2. The van der Waals surface area contributed by atoms with Crippen LogP contribution >= 0.6 is 23.5 Å². The third-order valence-electron chi connectivity index (χ3n) is 5.02. The average Bonchev–Trinajstić information content (AvgIpc) is 3.34. The summed E-state index contributed by atoms with van der Waals surface area (Å²) in [5.41, 5.74) is 1.80. The Kier molecular flexibility index (Phi) is 8.21. The molecule has 1 aliphatic heterocycles. The predicted molar refractivity (Wildman–Crippen MR) is 125 cm³/mol. The summed E-state index contributed by atoms with van der Waals surface area (Å²) in [6.07, 6.45) is 1.13. The lowest BCUT2D eigenvalue weighted by Gasteiger charge is -2.27. The lowest BCUT2D eigenvalue weighted by molar-refractivity contribution is 0.0398. The van der Waals surface area contributed by atoms with E-state index in [9.17, 15) is 8.78 Å². The van der Waals surface area contributed by atoms with Crippen molar-refractivity contribution in [2.75, 3.05) is 54.7 Å². The minimum atomic E-state index is -0.583. The first-order chi connectivity index (χ1) is 16.1. The van der Waals surface area contributed by atoms with E-state index in [1.54, 1.807) is 6.07 Å². The molecule has 0 spiro atoms. The van der Waals surface area contributed by atoms with Gasteiger partial charge in [-0.15, -0.1) is 0 Å². The van der Waals surface area contributed by atoms with Crippen LogP contribution in [0.3, 0.4) is 0 Å².